The van der Waals surface area contributed by atoms with Crippen LogP contribution in [0.4, 0.5) is 0 Å². The number of carbonyl (C=O) groups is 1. The summed E-state index contributed by atoms with van der Waals surface area (Å²) in [6.07, 6.45) is 15.8. The number of aliphatic hydroxyl groups is 1. The zero-order valence-electron chi connectivity index (χ0n) is 23.3. The van der Waals surface area contributed by atoms with Crippen molar-refractivity contribution in [2.75, 3.05) is 20.3 Å². The van der Waals surface area contributed by atoms with Gasteiger partial charge in [0.15, 0.2) is 5.79 Å². The summed E-state index contributed by atoms with van der Waals surface area (Å²) in [4.78, 5) is 13.3. The van der Waals surface area contributed by atoms with Crippen molar-refractivity contribution in [3.63, 3.8) is 0 Å². The summed E-state index contributed by atoms with van der Waals surface area (Å²) in [7, 11) is 1.00. The van der Waals surface area contributed by atoms with Crippen molar-refractivity contribution in [1.29, 1.82) is 0 Å². The Morgan fingerprint density at radius 2 is 1.58 bits per heavy atom. The smallest absolute Gasteiger partial charge is 0.169 e. The average Bonchev–Trinajstić information content (AvgIpc) is 3.59. The van der Waals surface area contributed by atoms with Gasteiger partial charge in [0.2, 0.25) is 0 Å². The van der Waals surface area contributed by atoms with Crippen molar-refractivity contribution in [2.45, 2.75) is 108 Å². The Morgan fingerprint density at radius 3 is 2.32 bits per heavy atom. The molecule has 9 aliphatic rings. The lowest BCUT2D eigenvalue weighted by Gasteiger charge is -2.52. The second-order valence-electron chi connectivity index (χ2n) is 14.0. The van der Waals surface area contributed by atoms with E-state index in [0.717, 1.165) is 64.9 Å². The highest BCUT2D eigenvalue weighted by molar-refractivity contribution is 5.91. The minimum atomic E-state index is -0.295. The van der Waals surface area contributed by atoms with E-state index in [9.17, 15) is 4.79 Å². The number of fused-ring (bicyclic) bond motifs is 6. The molecular weight excluding hydrogens is 474 g/mol. The number of nitrogens with one attached hydrogen (secondary N) is 1. The molecule has 0 aromatic rings. The third kappa shape index (κ3) is 3.28. The number of ketones is 1. The van der Waals surface area contributed by atoms with Crippen LogP contribution in [0.15, 0.2) is 33.4 Å². The molecule has 5 nitrogen and oxygen atoms in total. The standard InChI is InChI=1S/C32H41NO3.CH4O/c1-31-16-21(25-26-27(25)29-28(26)30(29)33-18-5-3-2-4-6-18)24-19-11-12-32(35-13-14-36-32)15-17(19)7-8-20(24)22(31)9-10-23(31)34;1-2/h17-18,20-22,25,30,33H,2-16H2,1H3;2H,1H3. The largest absolute Gasteiger partial charge is 0.400 e. The van der Waals surface area contributed by atoms with Gasteiger partial charge in [0.05, 0.1) is 19.3 Å². The fourth-order valence-corrected chi connectivity index (χ4v) is 10.8. The molecule has 38 heavy (non-hydrogen) atoms. The van der Waals surface area contributed by atoms with Crippen LogP contribution in [0.5, 0.6) is 0 Å². The first kappa shape index (κ1) is 24.5. The fourth-order valence-electron chi connectivity index (χ4n) is 10.8. The van der Waals surface area contributed by atoms with Crippen molar-refractivity contribution < 1.29 is 19.4 Å². The number of allylic oxidation sites excluding steroid dienone is 4. The Bertz CT molecular complexity index is 1130. The summed E-state index contributed by atoms with van der Waals surface area (Å²) in [6.45, 7) is 3.88. The van der Waals surface area contributed by atoms with E-state index in [1.807, 2.05) is 5.57 Å². The maximum Gasteiger partial charge on any atom is 0.169 e. The van der Waals surface area contributed by atoms with Crippen molar-refractivity contribution in [1.82, 2.24) is 5.32 Å². The Hall–Kier alpha value is -1.27. The highest BCUT2D eigenvalue weighted by atomic mass is 16.7. The van der Waals surface area contributed by atoms with Gasteiger partial charge in [-0.3, -0.25) is 4.79 Å². The van der Waals surface area contributed by atoms with E-state index in [0.29, 0.717) is 41.4 Å². The number of ether oxygens (including phenoxy) is 2. The van der Waals surface area contributed by atoms with Crippen LogP contribution in [-0.4, -0.2) is 49.1 Å². The molecule has 1 saturated heterocycles. The van der Waals surface area contributed by atoms with Gasteiger partial charge in [-0.1, -0.05) is 37.3 Å². The average molecular weight is 520 g/mol. The van der Waals surface area contributed by atoms with Crippen molar-refractivity contribution in [3.8, 4) is 0 Å². The van der Waals surface area contributed by atoms with Crippen molar-refractivity contribution in [2.24, 2.45) is 35.0 Å². The molecule has 6 saturated carbocycles. The predicted octanol–water partition coefficient (Wildman–Crippen LogP) is 5.39. The van der Waals surface area contributed by atoms with Crippen LogP contribution in [-0.2, 0) is 14.3 Å². The number of Topliss-reactive ketones (excluding diaryl/α,β-unsaturated/α-hetero) is 1. The molecule has 5 heteroatoms. The SMILES string of the molecule is CC12CC(C3C4=C5C(=C43)C5NC3CCCCC3)C3=C4CCC5(CC4CCC3C1CCC2=O)OCCO5.CO. The minimum absolute atomic E-state index is 0.0811. The van der Waals surface area contributed by atoms with E-state index in [4.69, 9.17) is 14.6 Å². The van der Waals surface area contributed by atoms with Crippen molar-refractivity contribution >= 4 is 5.78 Å². The zero-order valence-corrected chi connectivity index (χ0v) is 23.3. The lowest BCUT2D eigenvalue weighted by atomic mass is 9.52. The normalized spacial score (nSPS) is 41.2. The highest BCUT2D eigenvalue weighted by Crippen LogP contribution is 2.76. The molecule has 0 amide bonds. The van der Waals surface area contributed by atoms with Gasteiger partial charge in [0.25, 0.3) is 0 Å². The minimum Gasteiger partial charge on any atom is -0.400 e. The summed E-state index contributed by atoms with van der Waals surface area (Å²) in [5.41, 5.74) is 10.4. The van der Waals surface area contributed by atoms with E-state index < -0.39 is 0 Å². The number of rotatable bonds is 3. The lowest BCUT2D eigenvalue weighted by molar-refractivity contribution is -0.181. The van der Waals surface area contributed by atoms with Gasteiger partial charge in [-0.2, -0.15) is 0 Å². The molecule has 5 atom stereocenters. The first-order chi connectivity index (χ1) is 18.6. The van der Waals surface area contributed by atoms with Gasteiger partial charge in [-0.15, -0.1) is 0 Å². The van der Waals surface area contributed by atoms with E-state index in [-0.39, 0.29) is 11.2 Å². The monoisotopic (exact) mass is 519 g/mol. The quantitative estimate of drug-likeness (QED) is 0.490. The van der Waals surface area contributed by atoms with Crippen LogP contribution in [0, 0.1) is 35.0 Å². The molecule has 7 fully saturated rings. The van der Waals surface area contributed by atoms with Crippen LogP contribution in [0.1, 0.15) is 90.4 Å². The first-order valence-corrected chi connectivity index (χ1v) is 15.8. The lowest BCUT2D eigenvalue weighted by Crippen LogP contribution is -2.47. The Balaban J connectivity index is 0.00000110. The van der Waals surface area contributed by atoms with Gasteiger partial charge in [-0.05, 0) is 90.9 Å². The Labute approximate surface area is 227 Å². The summed E-state index contributed by atoms with van der Waals surface area (Å²) in [5.74, 6) is 3.39. The second-order valence-corrected chi connectivity index (χ2v) is 14.0. The number of carbonyl (C=O) groups excluding carboxylic acids is 1. The zero-order chi connectivity index (χ0) is 25.8. The van der Waals surface area contributed by atoms with Gasteiger partial charge >= 0.3 is 0 Å². The molecule has 0 radical (unpaired) electrons. The van der Waals surface area contributed by atoms with Crippen LogP contribution in [0.2, 0.25) is 0 Å². The van der Waals surface area contributed by atoms with E-state index in [1.54, 1.807) is 27.9 Å². The molecular formula is C33H45NO4. The van der Waals surface area contributed by atoms with Crippen molar-refractivity contribution in [3.05, 3.63) is 33.4 Å². The molecule has 5 unspecified atom stereocenters. The molecule has 1 spiro atoms. The fraction of sp³-hybridized carbons (Fsp3) is 0.788. The summed E-state index contributed by atoms with van der Waals surface area (Å²) in [5, 5.41) is 11.0. The van der Waals surface area contributed by atoms with Gasteiger partial charge in [-0.25, -0.2) is 0 Å². The molecule has 0 aromatic heterocycles. The van der Waals surface area contributed by atoms with E-state index in [1.165, 1.54) is 44.9 Å². The highest BCUT2D eigenvalue weighted by Gasteiger charge is 2.68. The maximum absolute atomic E-state index is 13.3. The van der Waals surface area contributed by atoms with Gasteiger partial charge < -0.3 is 19.9 Å². The van der Waals surface area contributed by atoms with Crippen LogP contribution >= 0.6 is 0 Å². The second kappa shape index (κ2) is 8.61. The molecule has 206 valence electrons. The maximum atomic E-state index is 13.3. The first-order valence-electron chi connectivity index (χ1n) is 15.8. The number of hydrogen-bond donors (Lipinski definition) is 2. The molecule has 2 N–H and O–H groups in total. The van der Waals surface area contributed by atoms with E-state index >= 15 is 0 Å². The Morgan fingerprint density at radius 1 is 0.842 bits per heavy atom. The van der Waals surface area contributed by atoms with Gasteiger partial charge in [0.1, 0.15) is 5.78 Å². The molecule has 1 heterocycles. The molecule has 8 aliphatic carbocycles. The van der Waals surface area contributed by atoms with Crippen LogP contribution in [0.25, 0.3) is 0 Å². The topological polar surface area (TPSA) is 67.8 Å². The summed E-state index contributed by atoms with van der Waals surface area (Å²) in [6, 6.07) is 1.34. The third-order valence-electron chi connectivity index (χ3n) is 12.5. The predicted molar refractivity (Wildman–Crippen MR) is 145 cm³/mol. The van der Waals surface area contributed by atoms with Crippen LogP contribution in [0.3, 0.4) is 0 Å². The third-order valence-corrected chi connectivity index (χ3v) is 12.5. The Kier molecular flexibility index (Phi) is 5.56. The molecule has 1 aliphatic heterocycles. The molecule has 0 bridgehead atoms. The molecule has 9 rings (SSSR count). The summed E-state index contributed by atoms with van der Waals surface area (Å²) < 4.78 is 12.4. The number of hydrogen-bond acceptors (Lipinski definition) is 5. The molecule has 0 aromatic carbocycles. The van der Waals surface area contributed by atoms with Gasteiger partial charge in [0, 0.05) is 43.7 Å². The van der Waals surface area contributed by atoms with E-state index in [2.05, 4.69) is 12.2 Å². The van der Waals surface area contributed by atoms with Crippen LogP contribution < -0.4 is 5.32 Å². The number of aliphatic hydroxyl groups excluding tert-OH is 1. The summed E-state index contributed by atoms with van der Waals surface area (Å²) >= 11 is 0.